The van der Waals surface area contributed by atoms with E-state index in [0.717, 1.165) is 22.1 Å². The van der Waals surface area contributed by atoms with Crippen molar-refractivity contribution in [3.8, 4) is 0 Å². The number of benzene rings is 1. The van der Waals surface area contributed by atoms with Crippen LogP contribution in [0.15, 0.2) is 36.5 Å². The lowest BCUT2D eigenvalue weighted by molar-refractivity contribution is 0.665. The van der Waals surface area contributed by atoms with Crippen LogP contribution in [0.5, 0.6) is 0 Å². The normalized spacial score (nSPS) is 12.4. The van der Waals surface area contributed by atoms with Gasteiger partial charge in [-0.15, -0.1) is 0 Å². The van der Waals surface area contributed by atoms with Gasteiger partial charge in [-0.05, 0) is 31.7 Å². The molecule has 88 valence electrons. The van der Waals surface area contributed by atoms with Gasteiger partial charge in [0.25, 0.3) is 0 Å². The van der Waals surface area contributed by atoms with Crippen molar-refractivity contribution < 1.29 is 0 Å². The third kappa shape index (κ3) is 2.62. The molecule has 1 N–H and O–H groups in total. The fourth-order valence-electron chi connectivity index (χ4n) is 1.81. The summed E-state index contributed by atoms with van der Waals surface area (Å²) >= 11 is 6.20. The average molecular weight is 248 g/mol. The summed E-state index contributed by atoms with van der Waals surface area (Å²) in [5, 5.41) is 3.97. The van der Waals surface area contributed by atoms with E-state index < -0.39 is 0 Å². The summed E-state index contributed by atoms with van der Waals surface area (Å²) in [4.78, 5) is 8.53. The third-order valence-corrected chi connectivity index (χ3v) is 2.94. The molecule has 1 unspecified atom stereocenters. The molecule has 3 nitrogen and oxygen atoms in total. The van der Waals surface area contributed by atoms with Crippen LogP contribution in [0.3, 0.4) is 0 Å². The second kappa shape index (κ2) is 5.25. The van der Waals surface area contributed by atoms with E-state index in [-0.39, 0.29) is 6.04 Å². The smallest absolute Gasteiger partial charge is 0.125 e. The van der Waals surface area contributed by atoms with Crippen molar-refractivity contribution in [2.24, 2.45) is 0 Å². The molecule has 2 rings (SSSR count). The Balaban J connectivity index is 2.44. The molecule has 4 heteroatoms. The van der Waals surface area contributed by atoms with Crippen molar-refractivity contribution in [1.82, 2.24) is 15.3 Å². The van der Waals surface area contributed by atoms with Gasteiger partial charge >= 0.3 is 0 Å². The largest absolute Gasteiger partial charge is 0.308 e. The summed E-state index contributed by atoms with van der Waals surface area (Å²) in [6, 6.07) is 9.67. The molecule has 17 heavy (non-hydrogen) atoms. The zero-order valence-electron chi connectivity index (χ0n) is 9.81. The van der Waals surface area contributed by atoms with Gasteiger partial charge in [-0.3, -0.25) is 0 Å². The first-order valence-electron chi connectivity index (χ1n) is 5.43. The Labute approximate surface area is 106 Å². The molecule has 0 bridgehead atoms. The second-order valence-corrected chi connectivity index (χ2v) is 4.18. The van der Waals surface area contributed by atoms with Crippen molar-refractivity contribution in [3.05, 3.63) is 58.6 Å². The van der Waals surface area contributed by atoms with E-state index in [4.69, 9.17) is 11.6 Å². The van der Waals surface area contributed by atoms with Gasteiger partial charge in [-0.1, -0.05) is 29.8 Å². The van der Waals surface area contributed by atoms with Crippen LogP contribution < -0.4 is 5.32 Å². The fourth-order valence-corrected chi connectivity index (χ4v) is 2.05. The zero-order chi connectivity index (χ0) is 12.3. The minimum absolute atomic E-state index is 0.00889. The Morgan fingerprint density at radius 3 is 2.65 bits per heavy atom. The highest BCUT2D eigenvalue weighted by atomic mass is 35.5. The van der Waals surface area contributed by atoms with E-state index in [0.29, 0.717) is 0 Å². The number of hydrogen-bond donors (Lipinski definition) is 1. The molecule has 1 heterocycles. The van der Waals surface area contributed by atoms with Crippen molar-refractivity contribution in [3.63, 3.8) is 0 Å². The topological polar surface area (TPSA) is 37.8 Å². The number of aromatic nitrogens is 2. The van der Waals surface area contributed by atoms with E-state index in [1.54, 1.807) is 6.20 Å². The Morgan fingerprint density at radius 2 is 2.00 bits per heavy atom. The Kier molecular flexibility index (Phi) is 3.71. The summed E-state index contributed by atoms with van der Waals surface area (Å²) in [5.74, 6) is 0.759. The second-order valence-electron chi connectivity index (χ2n) is 3.77. The van der Waals surface area contributed by atoms with Crippen molar-refractivity contribution >= 4 is 11.6 Å². The molecule has 0 aliphatic carbocycles. The summed E-state index contributed by atoms with van der Waals surface area (Å²) < 4.78 is 0. The molecule has 0 fully saturated rings. The molecule has 0 saturated carbocycles. The quantitative estimate of drug-likeness (QED) is 0.906. The highest BCUT2D eigenvalue weighted by Crippen LogP contribution is 2.26. The van der Waals surface area contributed by atoms with Gasteiger partial charge in [0, 0.05) is 11.2 Å². The van der Waals surface area contributed by atoms with Crippen LogP contribution in [-0.4, -0.2) is 17.0 Å². The molecule has 0 amide bonds. The number of rotatable bonds is 3. The summed E-state index contributed by atoms with van der Waals surface area (Å²) in [6.45, 7) is 1.88. The van der Waals surface area contributed by atoms with Crippen LogP contribution in [0.1, 0.15) is 23.1 Å². The maximum atomic E-state index is 6.20. The van der Waals surface area contributed by atoms with Crippen molar-refractivity contribution in [1.29, 1.82) is 0 Å². The monoisotopic (exact) mass is 247 g/mol. The minimum Gasteiger partial charge on any atom is -0.308 e. The van der Waals surface area contributed by atoms with Gasteiger partial charge in [0.2, 0.25) is 0 Å². The maximum absolute atomic E-state index is 6.20. The van der Waals surface area contributed by atoms with Crippen LogP contribution in [0.25, 0.3) is 0 Å². The van der Waals surface area contributed by atoms with Gasteiger partial charge in [0.15, 0.2) is 0 Å². The van der Waals surface area contributed by atoms with E-state index >= 15 is 0 Å². The maximum Gasteiger partial charge on any atom is 0.125 e. The number of nitrogens with zero attached hydrogens (tertiary/aromatic N) is 2. The summed E-state index contributed by atoms with van der Waals surface area (Å²) in [6.07, 6.45) is 1.76. The number of aryl methyl sites for hydroxylation is 1. The Hall–Kier alpha value is -1.45. The number of halogens is 1. The highest BCUT2D eigenvalue weighted by molar-refractivity contribution is 6.31. The van der Waals surface area contributed by atoms with Crippen molar-refractivity contribution in [2.75, 3.05) is 7.05 Å². The molecule has 0 saturated heterocycles. The molecule has 1 aromatic heterocycles. The van der Waals surface area contributed by atoms with Crippen LogP contribution in [0.2, 0.25) is 5.02 Å². The van der Waals surface area contributed by atoms with Crippen LogP contribution in [0.4, 0.5) is 0 Å². The first-order chi connectivity index (χ1) is 8.22. The third-order valence-electron chi connectivity index (χ3n) is 2.60. The van der Waals surface area contributed by atoms with E-state index in [9.17, 15) is 0 Å². The molecule has 1 aromatic carbocycles. The van der Waals surface area contributed by atoms with Crippen LogP contribution in [0, 0.1) is 6.92 Å². The zero-order valence-corrected chi connectivity index (χ0v) is 10.6. The summed E-state index contributed by atoms with van der Waals surface area (Å²) in [5.41, 5.74) is 1.95. The van der Waals surface area contributed by atoms with Gasteiger partial charge < -0.3 is 5.32 Å². The van der Waals surface area contributed by atoms with Gasteiger partial charge in [-0.25, -0.2) is 9.97 Å². The molecular formula is C13H14ClN3. The predicted molar refractivity (Wildman–Crippen MR) is 69.1 cm³/mol. The first-order valence-corrected chi connectivity index (χ1v) is 5.81. The minimum atomic E-state index is -0.00889. The van der Waals surface area contributed by atoms with Crippen molar-refractivity contribution in [2.45, 2.75) is 13.0 Å². The number of hydrogen-bond acceptors (Lipinski definition) is 3. The first kappa shape index (κ1) is 12.0. The van der Waals surface area contributed by atoms with E-state index in [1.807, 2.05) is 44.3 Å². The Bertz CT molecular complexity index is 514. The molecule has 0 aliphatic heterocycles. The molecule has 0 radical (unpaired) electrons. The lowest BCUT2D eigenvalue weighted by Crippen LogP contribution is -2.19. The van der Waals surface area contributed by atoms with Gasteiger partial charge in [-0.2, -0.15) is 0 Å². The van der Waals surface area contributed by atoms with E-state index in [1.165, 1.54) is 0 Å². The van der Waals surface area contributed by atoms with Gasteiger partial charge in [0.1, 0.15) is 5.82 Å². The SMILES string of the molecule is CNC(c1ccnc(C)n1)c1ccccc1Cl. The standard InChI is InChI=1S/C13H14ClN3/c1-9-16-8-7-12(17-9)13(15-2)10-5-3-4-6-11(10)14/h3-8,13,15H,1-2H3. The molecule has 1 atom stereocenters. The van der Waals surface area contributed by atoms with Crippen LogP contribution >= 0.6 is 11.6 Å². The molecular weight excluding hydrogens is 234 g/mol. The molecule has 0 spiro atoms. The highest BCUT2D eigenvalue weighted by Gasteiger charge is 2.16. The lowest BCUT2D eigenvalue weighted by atomic mass is 10.0. The fraction of sp³-hybridized carbons (Fsp3) is 0.231. The Morgan fingerprint density at radius 1 is 1.24 bits per heavy atom. The molecule has 2 aromatic rings. The van der Waals surface area contributed by atoms with Crippen LogP contribution in [-0.2, 0) is 0 Å². The van der Waals surface area contributed by atoms with E-state index in [2.05, 4.69) is 15.3 Å². The lowest BCUT2D eigenvalue weighted by Gasteiger charge is -2.17. The van der Waals surface area contributed by atoms with Gasteiger partial charge in [0.05, 0.1) is 11.7 Å². The average Bonchev–Trinajstić information content (AvgIpc) is 2.33. The molecule has 0 aliphatic rings. The summed E-state index contributed by atoms with van der Waals surface area (Å²) in [7, 11) is 1.89. The number of nitrogens with one attached hydrogen (secondary N) is 1. The predicted octanol–water partition coefficient (Wildman–Crippen LogP) is 2.75.